The van der Waals surface area contributed by atoms with Crippen LogP contribution in [0.15, 0.2) is 48.5 Å². The molecule has 0 aliphatic rings. The largest absolute Gasteiger partial charge is 0.367 e. The zero-order valence-corrected chi connectivity index (χ0v) is 12.9. The second-order valence-electron chi connectivity index (χ2n) is 5.38. The van der Waals surface area contributed by atoms with Gasteiger partial charge in [-0.3, -0.25) is 0 Å². The zero-order valence-electron chi connectivity index (χ0n) is 12.9. The van der Waals surface area contributed by atoms with Crippen LogP contribution in [0.1, 0.15) is 43.5 Å². The van der Waals surface area contributed by atoms with Gasteiger partial charge in [0.05, 0.1) is 6.04 Å². The predicted molar refractivity (Wildman–Crippen MR) is 86.9 cm³/mol. The fourth-order valence-electron chi connectivity index (χ4n) is 2.57. The summed E-state index contributed by atoms with van der Waals surface area (Å²) >= 11 is 0. The number of nitrogens with zero attached hydrogens (tertiary/aromatic N) is 1. The maximum atomic E-state index is 14.0. The molecule has 1 unspecified atom stereocenters. The van der Waals surface area contributed by atoms with Gasteiger partial charge in [-0.15, -0.1) is 0 Å². The predicted octanol–water partition coefficient (Wildman–Crippen LogP) is 4.43. The van der Waals surface area contributed by atoms with Gasteiger partial charge in [-0.25, -0.2) is 4.39 Å². The summed E-state index contributed by atoms with van der Waals surface area (Å²) in [5.41, 5.74) is 9.06. The van der Waals surface area contributed by atoms with E-state index in [0.29, 0.717) is 5.56 Å². The molecule has 0 saturated carbocycles. The standard InChI is InChI=1S/C18H23FN2/c1-4-17(20)15-10-6-8-12-18(15)21(3)13(2)14-9-5-7-11-16(14)19/h5-13,17H,4,20H2,1-3H3/t13?,17-/m0/s1. The Morgan fingerprint density at radius 3 is 2.24 bits per heavy atom. The number of anilines is 1. The van der Waals surface area contributed by atoms with Crippen LogP contribution in [-0.4, -0.2) is 7.05 Å². The van der Waals surface area contributed by atoms with Gasteiger partial charge in [0.15, 0.2) is 0 Å². The highest BCUT2D eigenvalue weighted by Crippen LogP contribution is 2.32. The fraction of sp³-hybridized carbons (Fsp3) is 0.333. The van der Waals surface area contributed by atoms with Crippen molar-refractivity contribution in [3.63, 3.8) is 0 Å². The first-order valence-electron chi connectivity index (χ1n) is 7.38. The Hall–Kier alpha value is -1.87. The summed E-state index contributed by atoms with van der Waals surface area (Å²) in [5, 5.41) is 0. The number of halogens is 1. The van der Waals surface area contributed by atoms with Crippen molar-refractivity contribution in [3.8, 4) is 0 Å². The van der Waals surface area contributed by atoms with Crippen molar-refractivity contribution in [1.29, 1.82) is 0 Å². The summed E-state index contributed by atoms with van der Waals surface area (Å²) in [6, 6.07) is 14.9. The second kappa shape index (κ2) is 6.72. The number of hydrogen-bond donors (Lipinski definition) is 1. The summed E-state index contributed by atoms with van der Waals surface area (Å²) in [7, 11) is 1.98. The van der Waals surface area contributed by atoms with Crippen molar-refractivity contribution >= 4 is 5.69 Å². The van der Waals surface area contributed by atoms with Crippen LogP contribution < -0.4 is 10.6 Å². The monoisotopic (exact) mass is 286 g/mol. The van der Waals surface area contributed by atoms with E-state index in [9.17, 15) is 4.39 Å². The molecule has 0 bridgehead atoms. The van der Waals surface area contributed by atoms with E-state index in [1.165, 1.54) is 6.07 Å². The maximum Gasteiger partial charge on any atom is 0.128 e. The van der Waals surface area contributed by atoms with Crippen LogP contribution in [0.3, 0.4) is 0 Å². The van der Waals surface area contributed by atoms with Crippen molar-refractivity contribution in [1.82, 2.24) is 0 Å². The molecule has 0 aromatic heterocycles. The van der Waals surface area contributed by atoms with Crippen molar-refractivity contribution in [3.05, 3.63) is 65.5 Å². The summed E-state index contributed by atoms with van der Waals surface area (Å²) in [5.74, 6) is -0.172. The van der Waals surface area contributed by atoms with Gasteiger partial charge in [-0.05, 0) is 31.0 Å². The van der Waals surface area contributed by atoms with Crippen LogP contribution >= 0.6 is 0 Å². The second-order valence-corrected chi connectivity index (χ2v) is 5.38. The molecular weight excluding hydrogens is 263 g/mol. The lowest BCUT2D eigenvalue weighted by Crippen LogP contribution is -2.25. The maximum absolute atomic E-state index is 14.0. The summed E-state index contributed by atoms with van der Waals surface area (Å²) < 4.78 is 14.0. The molecule has 112 valence electrons. The van der Waals surface area contributed by atoms with Gasteiger partial charge in [0.25, 0.3) is 0 Å². The minimum absolute atomic E-state index is 0.00327. The van der Waals surface area contributed by atoms with Gasteiger partial charge in [0.2, 0.25) is 0 Å². The lowest BCUT2D eigenvalue weighted by molar-refractivity contribution is 0.584. The van der Waals surface area contributed by atoms with Gasteiger partial charge >= 0.3 is 0 Å². The van der Waals surface area contributed by atoms with E-state index in [1.807, 2.05) is 50.4 Å². The van der Waals surface area contributed by atoms with E-state index in [-0.39, 0.29) is 17.9 Å². The topological polar surface area (TPSA) is 29.3 Å². The Balaban J connectivity index is 2.36. The Morgan fingerprint density at radius 1 is 1.05 bits per heavy atom. The lowest BCUT2D eigenvalue weighted by Gasteiger charge is -2.30. The first-order valence-corrected chi connectivity index (χ1v) is 7.38. The van der Waals surface area contributed by atoms with Crippen molar-refractivity contribution in [2.45, 2.75) is 32.4 Å². The van der Waals surface area contributed by atoms with Crippen molar-refractivity contribution in [2.24, 2.45) is 5.73 Å². The van der Waals surface area contributed by atoms with Crippen LogP contribution in [0.2, 0.25) is 0 Å². The zero-order chi connectivity index (χ0) is 15.4. The highest BCUT2D eigenvalue weighted by Gasteiger charge is 2.19. The highest BCUT2D eigenvalue weighted by molar-refractivity contribution is 5.56. The van der Waals surface area contributed by atoms with E-state index in [1.54, 1.807) is 6.07 Å². The minimum atomic E-state index is -0.172. The van der Waals surface area contributed by atoms with Crippen LogP contribution in [-0.2, 0) is 0 Å². The average Bonchev–Trinajstić information content (AvgIpc) is 2.53. The molecule has 0 heterocycles. The molecule has 0 fully saturated rings. The van der Waals surface area contributed by atoms with Gasteiger partial charge in [0.1, 0.15) is 5.82 Å². The molecule has 0 aliphatic carbocycles. The van der Waals surface area contributed by atoms with Crippen LogP contribution in [0.25, 0.3) is 0 Å². The van der Waals surface area contributed by atoms with E-state index in [2.05, 4.69) is 11.8 Å². The third-order valence-electron chi connectivity index (χ3n) is 4.09. The van der Waals surface area contributed by atoms with Crippen molar-refractivity contribution < 1.29 is 4.39 Å². The number of para-hydroxylation sites is 1. The Bertz CT molecular complexity index is 597. The van der Waals surface area contributed by atoms with Crippen LogP contribution in [0.4, 0.5) is 10.1 Å². The third kappa shape index (κ3) is 3.24. The highest BCUT2D eigenvalue weighted by atomic mass is 19.1. The molecule has 2 aromatic carbocycles. The molecule has 0 saturated heterocycles. The molecule has 21 heavy (non-hydrogen) atoms. The van der Waals surface area contributed by atoms with E-state index >= 15 is 0 Å². The molecule has 2 aromatic rings. The first kappa shape index (κ1) is 15.5. The number of rotatable bonds is 5. The Kier molecular flexibility index (Phi) is 4.97. The van der Waals surface area contributed by atoms with Crippen LogP contribution in [0.5, 0.6) is 0 Å². The molecule has 2 N–H and O–H groups in total. The van der Waals surface area contributed by atoms with E-state index in [0.717, 1.165) is 17.7 Å². The number of hydrogen-bond acceptors (Lipinski definition) is 2. The summed E-state index contributed by atoms with van der Waals surface area (Å²) in [4.78, 5) is 2.09. The molecular formula is C18H23FN2. The molecule has 2 atom stereocenters. The smallest absolute Gasteiger partial charge is 0.128 e. The molecule has 0 radical (unpaired) electrons. The summed E-state index contributed by atoms with van der Waals surface area (Å²) in [6.07, 6.45) is 0.874. The molecule has 0 amide bonds. The number of benzene rings is 2. The summed E-state index contributed by atoms with van der Waals surface area (Å²) in [6.45, 7) is 4.08. The van der Waals surface area contributed by atoms with E-state index < -0.39 is 0 Å². The van der Waals surface area contributed by atoms with Gasteiger partial charge in [-0.1, -0.05) is 43.3 Å². The SMILES string of the molecule is CC[C@H](N)c1ccccc1N(C)C(C)c1ccccc1F. The van der Waals surface area contributed by atoms with Gasteiger partial charge in [-0.2, -0.15) is 0 Å². The molecule has 3 heteroatoms. The molecule has 2 nitrogen and oxygen atoms in total. The fourth-order valence-corrected chi connectivity index (χ4v) is 2.57. The van der Waals surface area contributed by atoms with Gasteiger partial charge < -0.3 is 10.6 Å². The average molecular weight is 286 g/mol. The molecule has 0 aliphatic heterocycles. The minimum Gasteiger partial charge on any atom is -0.367 e. The third-order valence-corrected chi connectivity index (χ3v) is 4.09. The number of nitrogens with two attached hydrogens (primary N) is 1. The first-order chi connectivity index (χ1) is 10.1. The lowest BCUT2D eigenvalue weighted by atomic mass is 10.00. The normalized spacial score (nSPS) is 13.8. The molecule has 0 spiro atoms. The Labute approximate surface area is 126 Å². The van der Waals surface area contributed by atoms with Crippen molar-refractivity contribution in [2.75, 3.05) is 11.9 Å². The van der Waals surface area contributed by atoms with Gasteiger partial charge in [0, 0.05) is 24.3 Å². The quantitative estimate of drug-likeness (QED) is 0.881. The Morgan fingerprint density at radius 2 is 1.62 bits per heavy atom. The molecule has 2 rings (SSSR count). The van der Waals surface area contributed by atoms with Crippen LogP contribution in [0, 0.1) is 5.82 Å². The van der Waals surface area contributed by atoms with E-state index in [4.69, 9.17) is 5.73 Å².